The van der Waals surface area contributed by atoms with Crippen molar-refractivity contribution >= 4 is 39.2 Å². The molecule has 3 N–H and O–H groups in total. The second-order valence-corrected chi connectivity index (χ2v) is 11.5. The van der Waals surface area contributed by atoms with Crippen LogP contribution in [0.4, 0.5) is 5.69 Å². The van der Waals surface area contributed by atoms with Crippen molar-refractivity contribution in [2.75, 3.05) is 5.32 Å². The topological polar surface area (TPSA) is 82.3 Å². The number of fused-ring (bicyclic) bond motifs is 1. The van der Waals surface area contributed by atoms with Crippen LogP contribution < -0.4 is 5.32 Å². The minimum absolute atomic E-state index is 0.530. The SMILES string of the molecule is C=C/C=C(/c1ccc(C(=C)C)s1)c1cc(-c2[nH]nc3ncc(-c4cncc(NC(=C)CC(C)C)c4)cc23)[nH]c1C. The lowest BCUT2D eigenvalue weighted by atomic mass is 10.0. The first-order valence-electron chi connectivity index (χ1n) is 13.3. The lowest BCUT2D eigenvalue weighted by Gasteiger charge is -2.12. The van der Waals surface area contributed by atoms with Crippen molar-refractivity contribution in [3.05, 3.63) is 108 Å². The lowest BCUT2D eigenvalue weighted by molar-refractivity contribution is 0.645. The zero-order chi connectivity index (χ0) is 28.4. The van der Waals surface area contributed by atoms with Gasteiger partial charge in [-0.1, -0.05) is 45.7 Å². The fraction of sp³-hybridized carbons (Fsp3) is 0.182. The number of H-pyrrole nitrogens is 2. The fourth-order valence-corrected chi connectivity index (χ4v) is 5.76. The quantitative estimate of drug-likeness (QED) is 0.153. The van der Waals surface area contributed by atoms with Crippen LogP contribution in [0.5, 0.6) is 0 Å². The van der Waals surface area contributed by atoms with Gasteiger partial charge in [0.05, 0.1) is 23.3 Å². The van der Waals surface area contributed by atoms with Gasteiger partial charge < -0.3 is 10.3 Å². The van der Waals surface area contributed by atoms with E-state index in [1.807, 2.05) is 31.6 Å². The number of pyridine rings is 2. The van der Waals surface area contributed by atoms with Crippen molar-refractivity contribution in [3.8, 4) is 22.5 Å². The van der Waals surface area contributed by atoms with Crippen molar-refractivity contribution in [1.29, 1.82) is 0 Å². The number of hydrogen-bond acceptors (Lipinski definition) is 5. The van der Waals surface area contributed by atoms with Gasteiger partial charge in [0.1, 0.15) is 0 Å². The van der Waals surface area contributed by atoms with Crippen LogP contribution >= 0.6 is 11.3 Å². The molecule has 0 fully saturated rings. The summed E-state index contributed by atoms with van der Waals surface area (Å²) in [6.45, 7) is 20.7. The molecule has 0 unspecified atom stereocenters. The molecule has 40 heavy (non-hydrogen) atoms. The highest BCUT2D eigenvalue weighted by molar-refractivity contribution is 7.14. The summed E-state index contributed by atoms with van der Waals surface area (Å²) in [5.74, 6) is 0.530. The van der Waals surface area contributed by atoms with Gasteiger partial charge >= 0.3 is 0 Å². The number of rotatable bonds is 10. The van der Waals surface area contributed by atoms with Gasteiger partial charge in [0.2, 0.25) is 0 Å². The molecule has 6 nitrogen and oxygen atoms in total. The number of aromatic nitrogens is 5. The number of allylic oxidation sites excluding steroid dienone is 4. The van der Waals surface area contributed by atoms with Gasteiger partial charge in [-0.25, -0.2) is 4.98 Å². The third-order valence-electron chi connectivity index (χ3n) is 6.61. The summed E-state index contributed by atoms with van der Waals surface area (Å²) in [5.41, 5.74) is 10.6. The smallest absolute Gasteiger partial charge is 0.181 e. The maximum Gasteiger partial charge on any atom is 0.181 e. The van der Waals surface area contributed by atoms with E-state index >= 15 is 0 Å². The van der Waals surface area contributed by atoms with Gasteiger partial charge in [0, 0.05) is 61.2 Å². The van der Waals surface area contributed by atoms with E-state index in [-0.39, 0.29) is 0 Å². The first-order valence-corrected chi connectivity index (χ1v) is 14.1. The largest absolute Gasteiger partial charge is 0.358 e. The molecule has 5 aromatic rings. The van der Waals surface area contributed by atoms with E-state index in [9.17, 15) is 0 Å². The molecule has 0 aliphatic heterocycles. The Labute approximate surface area is 239 Å². The molecular formula is C33H34N6S. The molecule has 0 aliphatic carbocycles. The standard InChI is InChI=1S/C33H34N6S/c1-8-9-26(31-11-10-30(40-31)20(4)5)27-15-29(37-22(27)7)32-28-14-24(17-35-33(28)39-38-32)23-13-25(18-34-16-23)36-21(6)12-19(2)3/h8-11,13-19,36-37H,1,4,6,12H2,2-3,5,7H3,(H,35,38,39)/b26-9+. The normalized spacial score (nSPS) is 11.8. The molecule has 0 aliphatic rings. The third-order valence-corrected chi connectivity index (χ3v) is 7.89. The molecule has 0 bridgehead atoms. The molecular weight excluding hydrogens is 512 g/mol. The molecule has 5 heterocycles. The average molecular weight is 547 g/mol. The van der Waals surface area contributed by atoms with E-state index in [1.165, 1.54) is 9.75 Å². The fourth-order valence-electron chi connectivity index (χ4n) is 4.78. The third kappa shape index (κ3) is 5.60. The zero-order valence-corrected chi connectivity index (χ0v) is 24.2. The monoisotopic (exact) mass is 546 g/mol. The van der Waals surface area contributed by atoms with E-state index in [1.54, 1.807) is 11.3 Å². The summed E-state index contributed by atoms with van der Waals surface area (Å²) in [7, 11) is 0. The number of hydrogen-bond donors (Lipinski definition) is 3. The van der Waals surface area contributed by atoms with Crippen molar-refractivity contribution in [2.24, 2.45) is 5.92 Å². The van der Waals surface area contributed by atoms with E-state index < -0.39 is 0 Å². The number of anilines is 1. The summed E-state index contributed by atoms with van der Waals surface area (Å²) in [5, 5.41) is 12.0. The summed E-state index contributed by atoms with van der Waals surface area (Å²) < 4.78 is 0. The van der Waals surface area contributed by atoms with Crippen LogP contribution in [0.1, 0.15) is 48.2 Å². The van der Waals surface area contributed by atoms with Crippen LogP contribution in [0.15, 0.2) is 86.5 Å². The van der Waals surface area contributed by atoms with Crippen LogP contribution in [0.25, 0.3) is 44.7 Å². The van der Waals surface area contributed by atoms with Crippen LogP contribution in [-0.4, -0.2) is 25.1 Å². The van der Waals surface area contributed by atoms with Gasteiger partial charge in [-0.3, -0.25) is 10.1 Å². The van der Waals surface area contributed by atoms with Gasteiger partial charge in [0.25, 0.3) is 0 Å². The van der Waals surface area contributed by atoms with Crippen molar-refractivity contribution < 1.29 is 0 Å². The summed E-state index contributed by atoms with van der Waals surface area (Å²) >= 11 is 1.73. The van der Waals surface area contributed by atoms with Gasteiger partial charge in [-0.05, 0) is 62.1 Å². The maximum absolute atomic E-state index is 4.64. The Kier molecular flexibility index (Phi) is 7.67. The van der Waals surface area contributed by atoms with E-state index in [0.29, 0.717) is 11.6 Å². The van der Waals surface area contributed by atoms with Crippen molar-refractivity contribution in [2.45, 2.75) is 34.1 Å². The number of nitrogens with one attached hydrogen (secondary N) is 3. The predicted octanol–water partition coefficient (Wildman–Crippen LogP) is 9.01. The summed E-state index contributed by atoms with van der Waals surface area (Å²) in [4.78, 5) is 15.0. The van der Waals surface area contributed by atoms with Crippen LogP contribution in [-0.2, 0) is 0 Å². The van der Waals surface area contributed by atoms with Crippen LogP contribution in [0, 0.1) is 12.8 Å². The molecule has 0 radical (unpaired) electrons. The van der Waals surface area contributed by atoms with Crippen LogP contribution in [0.2, 0.25) is 0 Å². The van der Waals surface area contributed by atoms with E-state index in [2.05, 4.69) is 107 Å². The Balaban J connectivity index is 1.50. The lowest BCUT2D eigenvalue weighted by Crippen LogP contribution is -2.02. The Morgan fingerprint density at radius 3 is 2.58 bits per heavy atom. The number of aryl methyl sites for hydroxylation is 1. The molecule has 0 saturated carbocycles. The van der Waals surface area contributed by atoms with Crippen LogP contribution in [0.3, 0.4) is 0 Å². The Morgan fingerprint density at radius 2 is 1.85 bits per heavy atom. The molecule has 0 saturated heterocycles. The Morgan fingerprint density at radius 1 is 1.07 bits per heavy atom. The number of thiophene rings is 1. The minimum Gasteiger partial charge on any atom is -0.358 e. The second kappa shape index (κ2) is 11.3. The van der Waals surface area contributed by atoms with E-state index in [0.717, 1.165) is 68.1 Å². The van der Waals surface area contributed by atoms with Gasteiger partial charge in [-0.2, -0.15) is 5.10 Å². The molecule has 0 spiro atoms. The minimum atomic E-state index is 0.530. The highest BCUT2D eigenvalue weighted by Crippen LogP contribution is 2.37. The molecule has 5 aromatic heterocycles. The molecule has 0 aromatic carbocycles. The first kappa shape index (κ1) is 27.1. The highest BCUT2D eigenvalue weighted by Gasteiger charge is 2.18. The van der Waals surface area contributed by atoms with Crippen molar-refractivity contribution in [1.82, 2.24) is 25.1 Å². The first-order chi connectivity index (χ1) is 19.2. The maximum atomic E-state index is 4.64. The summed E-state index contributed by atoms with van der Waals surface area (Å²) in [6, 6.07) is 10.6. The molecule has 0 atom stereocenters. The second-order valence-electron chi connectivity index (χ2n) is 10.5. The average Bonchev–Trinajstić information content (AvgIpc) is 3.65. The predicted molar refractivity (Wildman–Crippen MR) is 170 cm³/mol. The molecule has 7 heteroatoms. The van der Waals surface area contributed by atoms with E-state index in [4.69, 9.17) is 0 Å². The Bertz CT molecular complexity index is 1760. The van der Waals surface area contributed by atoms with Gasteiger partial charge in [0.15, 0.2) is 5.65 Å². The van der Waals surface area contributed by atoms with Gasteiger partial charge in [-0.15, -0.1) is 11.3 Å². The van der Waals surface area contributed by atoms with Crippen molar-refractivity contribution in [3.63, 3.8) is 0 Å². The highest BCUT2D eigenvalue weighted by atomic mass is 32.1. The molecule has 202 valence electrons. The Hall–Kier alpha value is -4.49. The zero-order valence-electron chi connectivity index (χ0n) is 23.4. The molecule has 0 amide bonds. The number of nitrogens with zero attached hydrogens (tertiary/aromatic N) is 3. The number of aromatic amines is 2. The summed E-state index contributed by atoms with van der Waals surface area (Å²) in [6.07, 6.45) is 10.3. The molecule has 5 rings (SSSR count).